The minimum Gasteiger partial charge on any atom is -0.312 e. The average molecular weight is 131 g/mol. The molecule has 0 amide bonds. The summed E-state index contributed by atoms with van der Waals surface area (Å²) in [5, 5.41) is 3.27. The first-order chi connectivity index (χ1) is 4.18. The molecular formula is C7H14FN. The van der Waals surface area contributed by atoms with Crippen LogP contribution in [0, 0.1) is 0 Å². The van der Waals surface area contributed by atoms with E-state index in [1.54, 1.807) is 0 Å². The van der Waals surface area contributed by atoms with Gasteiger partial charge in [0.1, 0.15) is 6.17 Å². The van der Waals surface area contributed by atoms with Crippen molar-refractivity contribution >= 4 is 0 Å². The van der Waals surface area contributed by atoms with E-state index in [1.165, 1.54) is 0 Å². The van der Waals surface area contributed by atoms with Gasteiger partial charge in [-0.15, -0.1) is 0 Å². The van der Waals surface area contributed by atoms with Gasteiger partial charge in [-0.1, -0.05) is 13.8 Å². The van der Waals surface area contributed by atoms with Crippen LogP contribution < -0.4 is 5.32 Å². The Balaban J connectivity index is 2.04. The molecule has 1 fully saturated rings. The molecule has 1 N–H and O–H groups in total. The predicted molar refractivity (Wildman–Crippen MR) is 36.2 cm³/mol. The third kappa shape index (κ3) is 1.94. The van der Waals surface area contributed by atoms with Gasteiger partial charge < -0.3 is 5.32 Å². The first-order valence-corrected chi connectivity index (χ1v) is 3.58. The van der Waals surface area contributed by atoms with E-state index in [1.807, 2.05) is 0 Å². The van der Waals surface area contributed by atoms with Gasteiger partial charge in [0.05, 0.1) is 0 Å². The second-order valence-corrected chi connectivity index (χ2v) is 3.09. The molecule has 1 aliphatic rings. The van der Waals surface area contributed by atoms with Crippen LogP contribution in [-0.4, -0.2) is 18.3 Å². The molecule has 54 valence electrons. The summed E-state index contributed by atoms with van der Waals surface area (Å²) in [5.74, 6) is 0. The van der Waals surface area contributed by atoms with Crippen molar-refractivity contribution in [2.24, 2.45) is 0 Å². The molecule has 0 aromatic rings. The van der Waals surface area contributed by atoms with E-state index < -0.39 is 6.17 Å². The second kappa shape index (κ2) is 2.65. The fourth-order valence-electron chi connectivity index (χ4n) is 1.16. The molecule has 1 rings (SSSR count). The Bertz CT molecular complexity index is 86.9. The maximum atomic E-state index is 12.2. The summed E-state index contributed by atoms with van der Waals surface area (Å²) in [6.07, 6.45) is 0.914. The molecule has 1 saturated carbocycles. The van der Waals surface area contributed by atoms with Crippen LogP contribution in [0.5, 0.6) is 0 Å². The first-order valence-electron chi connectivity index (χ1n) is 3.58. The highest BCUT2D eigenvalue weighted by Gasteiger charge is 2.28. The lowest BCUT2D eigenvalue weighted by Gasteiger charge is -2.32. The SMILES string of the molecule is CC(C)NC1CC(F)C1. The van der Waals surface area contributed by atoms with Crippen molar-refractivity contribution < 1.29 is 4.39 Å². The molecule has 0 atom stereocenters. The fraction of sp³-hybridized carbons (Fsp3) is 1.00. The van der Waals surface area contributed by atoms with Crippen LogP contribution in [0.2, 0.25) is 0 Å². The van der Waals surface area contributed by atoms with E-state index in [0.29, 0.717) is 12.1 Å². The zero-order chi connectivity index (χ0) is 6.85. The minimum absolute atomic E-state index is 0.458. The first kappa shape index (κ1) is 7.00. The van der Waals surface area contributed by atoms with Crippen LogP contribution in [0.25, 0.3) is 0 Å². The Morgan fingerprint density at radius 2 is 2.00 bits per heavy atom. The van der Waals surface area contributed by atoms with Crippen LogP contribution in [-0.2, 0) is 0 Å². The molecular weight excluding hydrogens is 117 g/mol. The number of halogens is 1. The van der Waals surface area contributed by atoms with Gasteiger partial charge in [-0.05, 0) is 12.8 Å². The predicted octanol–water partition coefficient (Wildman–Crippen LogP) is 1.48. The fourth-order valence-corrected chi connectivity index (χ4v) is 1.16. The third-order valence-corrected chi connectivity index (χ3v) is 1.65. The molecule has 0 unspecified atom stereocenters. The van der Waals surface area contributed by atoms with Crippen LogP contribution in [0.15, 0.2) is 0 Å². The van der Waals surface area contributed by atoms with Gasteiger partial charge in [0.15, 0.2) is 0 Å². The Labute approximate surface area is 55.6 Å². The Kier molecular flexibility index (Phi) is 2.06. The molecule has 0 aromatic heterocycles. The summed E-state index contributed by atoms with van der Waals surface area (Å²) < 4.78 is 12.2. The van der Waals surface area contributed by atoms with Crippen LogP contribution in [0.1, 0.15) is 26.7 Å². The lowest BCUT2D eigenvalue weighted by atomic mass is 9.90. The Morgan fingerprint density at radius 3 is 2.33 bits per heavy atom. The molecule has 0 radical (unpaired) electrons. The van der Waals surface area contributed by atoms with Crippen molar-refractivity contribution in [1.82, 2.24) is 5.32 Å². The van der Waals surface area contributed by atoms with Crippen molar-refractivity contribution in [3.8, 4) is 0 Å². The van der Waals surface area contributed by atoms with Crippen LogP contribution in [0.4, 0.5) is 4.39 Å². The van der Waals surface area contributed by atoms with Gasteiger partial charge >= 0.3 is 0 Å². The summed E-state index contributed by atoms with van der Waals surface area (Å²) >= 11 is 0. The molecule has 0 saturated heterocycles. The van der Waals surface area contributed by atoms with E-state index in [0.717, 1.165) is 12.8 Å². The highest BCUT2D eigenvalue weighted by Crippen LogP contribution is 2.23. The molecule has 0 bridgehead atoms. The molecule has 0 heterocycles. The Morgan fingerprint density at radius 1 is 1.44 bits per heavy atom. The van der Waals surface area contributed by atoms with E-state index >= 15 is 0 Å². The van der Waals surface area contributed by atoms with E-state index in [4.69, 9.17) is 0 Å². The molecule has 2 heteroatoms. The van der Waals surface area contributed by atoms with Gasteiger partial charge in [-0.2, -0.15) is 0 Å². The van der Waals surface area contributed by atoms with Crippen molar-refractivity contribution in [3.63, 3.8) is 0 Å². The topological polar surface area (TPSA) is 12.0 Å². The average Bonchev–Trinajstić information content (AvgIpc) is 1.60. The zero-order valence-electron chi connectivity index (χ0n) is 6.02. The number of alkyl halides is 1. The smallest absolute Gasteiger partial charge is 0.103 e. The second-order valence-electron chi connectivity index (χ2n) is 3.09. The quantitative estimate of drug-likeness (QED) is 0.598. The van der Waals surface area contributed by atoms with Gasteiger partial charge in [0.2, 0.25) is 0 Å². The molecule has 0 aromatic carbocycles. The molecule has 1 nitrogen and oxygen atoms in total. The van der Waals surface area contributed by atoms with Gasteiger partial charge in [-0.3, -0.25) is 0 Å². The highest BCUT2D eigenvalue weighted by molar-refractivity contribution is 4.85. The third-order valence-electron chi connectivity index (χ3n) is 1.65. The number of hydrogen-bond donors (Lipinski definition) is 1. The standard InChI is InChI=1S/C7H14FN/c1-5(2)9-7-3-6(8)4-7/h5-7,9H,3-4H2,1-2H3. The van der Waals surface area contributed by atoms with Crippen molar-refractivity contribution in [2.45, 2.75) is 44.9 Å². The van der Waals surface area contributed by atoms with Gasteiger partial charge in [0.25, 0.3) is 0 Å². The molecule has 9 heavy (non-hydrogen) atoms. The number of nitrogens with one attached hydrogen (secondary N) is 1. The van der Waals surface area contributed by atoms with E-state index in [2.05, 4.69) is 19.2 Å². The van der Waals surface area contributed by atoms with Gasteiger partial charge in [-0.25, -0.2) is 4.39 Å². The van der Waals surface area contributed by atoms with Crippen LogP contribution >= 0.6 is 0 Å². The maximum absolute atomic E-state index is 12.2. The van der Waals surface area contributed by atoms with E-state index in [-0.39, 0.29) is 0 Å². The lowest BCUT2D eigenvalue weighted by molar-refractivity contribution is 0.150. The van der Waals surface area contributed by atoms with Crippen molar-refractivity contribution in [2.75, 3.05) is 0 Å². The minimum atomic E-state index is -0.527. The summed E-state index contributed by atoms with van der Waals surface area (Å²) in [6.45, 7) is 4.18. The van der Waals surface area contributed by atoms with Gasteiger partial charge in [0, 0.05) is 12.1 Å². The summed E-state index contributed by atoms with van der Waals surface area (Å²) in [5.41, 5.74) is 0. The highest BCUT2D eigenvalue weighted by atomic mass is 19.1. The summed E-state index contributed by atoms with van der Waals surface area (Å²) in [6, 6.07) is 0.961. The number of rotatable bonds is 2. The lowest BCUT2D eigenvalue weighted by Crippen LogP contribution is -2.45. The van der Waals surface area contributed by atoms with E-state index in [9.17, 15) is 4.39 Å². The maximum Gasteiger partial charge on any atom is 0.103 e. The van der Waals surface area contributed by atoms with Crippen molar-refractivity contribution in [3.05, 3.63) is 0 Å². The molecule has 0 aliphatic heterocycles. The monoisotopic (exact) mass is 131 g/mol. The largest absolute Gasteiger partial charge is 0.312 e. The van der Waals surface area contributed by atoms with Crippen LogP contribution in [0.3, 0.4) is 0 Å². The number of hydrogen-bond acceptors (Lipinski definition) is 1. The molecule has 0 spiro atoms. The normalized spacial score (nSPS) is 34.7. The summed E-state index contributed by atoms with van der Waals surface area (Å²) in [4.78, 5) is 0. The zero-order valence-corrected chi connectivity index (χ0v) is 6.02. The van der Waals surface area contributed by atoms with Crippen molar-refractivity contribution in [1.29, 1.82) is 0 Å². The molecule has 1 aliphatic carbocycles. The Hall–Kier alpha value is -0.110. The summed E-state index contributed by atoms with van der Waals surface area (Å²) in [7, 11) is 0.